The summed E-state index contributed by atoms with van der Waals surface area (Å²) in [6.45, 7) is 0. The summed E-state index contributed by atoms with van der Waals surface area (Å²) >= 11 is 3.17. The molecule has 7 heteroatoms. The molecule has 0 spiro atoms. The zero-order valence-corrected chi connectivity index (χ0v) is 16.7. The molecule has 1 saturated carbocycles. The van der Waals surface area contributed by atoms with E-state index in [0.717, 1.165) is 40.0 Å². The van der Waals surface area contributed by atoms with Crippen molar-refractivity contribution >= 4 is 44.8 Å². The van der Waals surface area contributed by atoms with Crippen molar-refractivity contribution < 1.29 is 0 Å². The van der Waals surface area contributed by atoms with Crippen molar-refractivity contribution in [3.05, 3.63) is 76.0 Å². The fourth-order valence-electron chi connectivity index (χ4n) is 3.10. The Balaban J connectivity index is 1.38. The molecule has 1 N–H and O–H groups in total. The first-order chi connectivity index (χ1) is 13.8. The van der Waals surface area contributed by atoms with Crippen molar-refractivity contribution in [1.29, 1.82) is 0 Å². The van der Waals surface area contributed by atoms with E-state index in [9.17, 15) is 4.79 Å². The van der Waals surface area contributed by atoms with Crippen LogP contribution in [0.15, 0.2) is 69.9 Å². The molecule has 1 aliphatic rings. The van der Waals surface area contributed by atoms with Crippen LogP contribution in [0.3, 0.4) is 0 Å². The molecule has 0 aliphatic heterocycles. The fraction of sp³-hybridized carbons (Fsp3) is 0.190. The monoisotopic (exact) mass is 406 g/mol. The Hall–Kier alpha value is -2.64. The van der Waals surface area contributed by atoms with Crippen molar-refractivity contribution in [3.8, 4) is 0 Å². The highest BCUT2D eigenvalue weighted by Gasteiger charge is 2.28. The highest BCUT2D eigenvalue weighted by molar-refractivity contribution is 7.98. The third-order valence-corrected chi connectivity index (χ3v) is 6.41. The van der Waals surface area contributed by atoms with Crippen molar-refractivity contribution in [2.24, 2.45) is 0 Å². The first kappa shape index (κ1) is 17.5. The predicted octanol–water partition coefficient (Wildman–Crippen LogP) is 5.22. The van der Waals surface area contributed by atoms with Gasteiger partial charge >= 0.3 is 0 Å². The Bertz CT molecular complexity index is 1180. The topological polar surface area (TPSA) is 59.8 Å². The van der Waals surface area contributed by atoms with Crippen LogP contribution in [-0.4, -0.2) is 14.5 Å². The molecule has 5 nitrogen and oxygen atoms in total. The summed E-state index contributed by atoms with van der Waals surface area (Å²) < 4.78 is 1.88. The standard InChI is InChI=1S/C21H18N4OS2/c26-19-17-8-4-5-9-18(17)24-21(25(19)16-10-11-16)28-13-15-12-27-20(23-15)22-14-6-2-1-3-7-14/h1-9,12,16H,10-11,13H2,(H,22,23). The van der Waals surface area contributed by atoms with Gasteiger partial charge < -0.3 is 5.32 Å². The van der Waals surface area contributed by atoms with E-state index in [1.54, 1.807) is 23.1 Å². The predicted molar refractivity (Wildman–Crippen MR) is 116 cm³/mol. The number of nitrogens with zero attached hydrogens (tertiary/aromatic N) is 3. The van der Waals surface area contributed by atoms with Crippen LogP contribution in [0.25, 0.3) is 10.9 Å². The molecule has 1 aliphatic carbocycles. The minimum atomic E-state index is 0.0697. The molecule has 0 atom stereocenters. The van der Waals surface area contributed by atoms with Gasteiger partial charge in [-0.2, -0.15) is 0 Å². The molecule has 4 aromatic rings. The van der Waals surface area contributed by atoms with Crippen LogP contribution in [-0.2, 0) is 5.75 Å². The van der Waals surface area contributed by atoms with E-state index in [0.29, 0.717) is 11.1 Å². The van der Waals surface area contributed by atoms with Gasteiger partial charge in [-0.3, -0.25) is 9.36 Å². The molecule has 0 amide bonds. The second-order valence-electron chi connectivity index (χ2n) is 6.74. The van der Waals surface area contributed by atoms with E-state index in [2.05, 4.69) is 15.7 Å². The molecule has 2 heterocycles. The number of aromatic nitrogens is 3. The summed E-state index contributed by atoms with van der Waals surface area (Å²) in [7, 11) is 0. The lowest BCUT2D eigenvalue weighted by molar-refractivity contribution is 0.618. The largest absolute Gasteiger partial charge is 0.332 e. The van der Waals surface area contributed by atoms with Crippen LogP contribution in [0.5, 0.6) is 0 Å². The van der Waals surface area contributed by atoms with E-state index in [4.69, 9.17) is 4.98 Å². The van der Waals surface area contributed by atoms with Gasteiger partial charge in [0.1, 0.15) is 0 Å². The van der Waals surface area contributed by atoms with Crippen molar-refractivity contribution in [2.45, 2.75) is 29.8 Å². The molecule has 0 saturated heterocycles. The molecular formula is C21H18N4OS2. The van der Waals surface area contributed by atoms with Crippen LogP contribution in [0.2, 0.25) is 0 Å². The van der Waals surface area contributed by atoms with Crippen LogP contribution in [0.1, 0.15) is 24.6 Å². The van der Waals surface area contributed by atoms with E-state index in [-0.39, 0.29) is 11.6 Å². The highest BCUT2D eigenvalue weighted by atomic mass is 32.2. The molecule has 0 bridgehead atoms. The zero-order chi connectivity index (χ0) is 18.9. The molecule has 1 fully saturated rings. The Kier molecular flexibility index (Phi) is 4.62. The first-order valence-electron chi connectivity index (χ1n) is 9.18. The van der Waals surface area contributed by atoms with Gasteiger partial charge in [0.15, 0.2) is 10.3 Å². The summed E-state index contributed by atoms with van der Waals surface area (Å²) in [6.07, 6.45) is 2.10. The van der Waals surface area contributed by atoms with Crippen LogP contribution < -0.4 is 10.9 Å². The van der Waals surface area contributed by atoms with Gasteiger partial charge in [0, 0.05) is 22.9 Å². The van der Waals surface area contributed by atoms with E-state index < -0.39 is 0 Å². The lowest BCUT2D eigenvalue weighted by Gasteiger charge is -2.11. The van der Waals surface area contributed by atoms with Gasteiger partial charge in [0.2, 0.25) is 0 Å². The van der Waals surface area contributed by atoms with Gasteiger partial charge in [0.25, 0.3) is 5.56 Å². The van der Waals surface area contributed by atoms with Gasteiger partial charge in [0.05, 0.1) is 16.6 Å². The third kappa shape index (κ3) is 3.55. The zero-order valence-electron chi connectivity index (χ0n) is 15.0. The third-order valence-electron chi connectivity index (χ3n) is 4.61. The SMILES string of the molecule is O=c1c2ccccc2nc(SCc2csc(Nc3ccccc3)n2)n1C1CC1. The minimum Gasteiger partial charge on any atom is -0.332 e. The lowest BCUT2D eigenvalue weighted by atomic mass is 10.2. The molecule has 140 valence electrons. The maximum absolute atomic E-state index is 12.9. The van der Waals surface area contributed by atoms with Gasteiger partial charge in [-0.15, -0.1) is 11.3 Å². The summed E-state index contributed by atoms with van der Waals surface area (Å²) in [5, 5.41) is 7.73. The van der Waals surface area contributed by atoms with Crippen molar-refractivity contribution in [3.63, 3.8) is 0 Å². The second kappa shape index (κ2) is 7.41. The van der Waals surface area contributed by atoms with Crippen LogP contribution in [0.4, 0.5) is 10.8 Å². The van der Waals surface area contributed by atoms with Crippen LogP contribution >= 0.6 is 23.1 Å². The van der Waals surface area contributed by atoms with Crippen LogP contribution in [0, 0.1) is 0 Å². The number of thiazole rings is 1. The smallest absolute Gasteiger partial charge is 0.262 e. The average Bonchev–Trinajstić information content (AvgIpc) is 3.46. The Morgan fingerprint density at radius 1 is 1.07 bits per heavy atom. The molecular weight excluding hydrogens is 388 g/mol. The van der Waals surface area contributed by atoms with E-state index in [1.165, 1.54) is 0 Å². The lowest BCUT2D eigenvalue weighted by Crippen LogP contribution is -2.22. The molecule has 0 radical (unpaired) electrons. The number of hydrogen-bond donors (Lipinski definition) is 1. The summed E-state index contributed by atoms with van der Waals surface area (Å²) in [5.41, 5.74) is 2.84. The number of hydrogen-bond acceptors (Lipinski definition) is 6. The molecule has 28 heavy (non-hydrogen) atoms. The summed E-state index contributed by atoms with van der Waals surface area (Å²) in [6, 6.07) is 17.9. The number of para-hydroxylation sites is 2. The highest BCUT2D eigenvalue weighted by Crippen LogP contribution is 2.37. The average molecular weight is 407 g/mol. The normalized spacial score (nSPS) is 13.7. The van der Waals surface area contributed by atoms with E-state index in [1.807, 2.05) is 59.2 Å². The molecule has 2 aromatic carbocycles. The first-order valence-corrected chi connectivity index (χ1v) is 11.0. The van der Waals surface area contributed by atoms with Gasteiger partial charge in [-0.05, 0) is 37.1 Å². The van der Waals surface area contributed by atoms with Gasteiger partial charge in [-0.25, -0.2) is 9.97 Å². The van der Waals surface area contributed by atoms with Gasteiger partial charge in [-0.1, -0.05) is 42.1 Å². The number of thioether (sulfide) groups is 1. The molecule has 5 rings (SSSR count). The second-order valence-corrected chi connectivity index (χ2v) is 8.54. The quantitative estimate of drug-likeness (QED) is 0.351. The Morgan fingerprint density at radius 2 is 1.86 bits per heavy atom. The van der Waals surface area contributed by atoms with E-state index >= 15 is 0 Å². The number of nitrogens with one attached hydrogen (secondary N) is 1. The summed E-state index contributed by atoms with van der Waals surface area (Å²) in [5.74, 6) is 0.685. The Morgan fingerprint density at radius 3 is 2.68 bits per heavy atom. The number of anilines is 2. The van der Waals surface area contributed by atoms with Crippen molar-refractivity contribution in [1.82, 2.24) is 14.5 Å². The molecule has 2 aromatic heterocycles. The fourth-order valence-corrected chi connectivity index (χ4v) is 4.89. The maximum Gasteiger partial charge on any atom is 0.262 e. The number of fused-ring (bicyclic) bond motifs is 1. The molecule has 0 unspecified atom stereocenters. The Labute approximate surface area is 170 Å². The number of benzene rings is 2. The number of rotatable bonds is 6. The summed E-state index contributed by atoms with van der Waals surface area (Å²) in [4.78, 5) is 22.4. The van der Waals surface area contributed by atoms with Crippen molar-refractivity contribution in [2.75, 3.05) is 5.32 Å². The minimum absolute atomic E-state index is 0.0697. The maximum atomic E-state index is 12.9.